The van der Waals surface area contributed by atoms with E-state index in [1.165, 1.54) is 12.3 Å². The predicted octanol–water partition coefficient (Wildman–Crippen LogP) is 2.10. The van der Waals surface area contributed by atoms with Crippen LogP contribution in [0, 0.1) is 6.92 Å². The number of aromatic nitrogens is 3. The topological polar surface area (TPSA) is 96.3 Å². The minimum Gasteiger partial charge on any atom is -0.395 e. The molecule has 2 rings (SSSR count). The molecule has 0 amide bonds. The van der Waals surface area contributed by atoms with Crippen molar-refractivity contribution in [2.24, 2.45) is 0 Å². The quantitative estimate of drug-likeness (QED) is 0.751. The number of anilines is 1. The molecule has 0 spiro atoms. The van der Waals surface area contributed by atoms with Crippen LogP contribution in [0.3, 0.4) is 0 Å². The second kappa shape index (κ2) is 8.09. The summed E-state index contributed by atoms with van der Waals surface area (Å²) in [5.41, 5.74) is 0.407. The lowest BCUT2D eigenvalue weighted by Crippen LogP contribution is -2.33. The van der Waals surface area contributed by atoms with Gasteiger partial charge in [-0.3, -0.25) is 0 Å². The van der Waals surface area contributed by atoms with E-state index < -0.39 is 14.6 Å². The SMILES string of the molecule is CCCN(CCO)c1cc(C(C)(C)S(=O)(=O)c2ccccn2)nc(C)n1. The summed E-state index contributed by atoms with van der Waals surface area (Å²) in [6, 6.07) is 6.51. The van der Waals surface area contributed by atoms with Crippen molar-refractivity contribution in [3.8, 4) is 0 Å². The van der Waals surface area contributed by atoms with Crippen molar-refractivity contribution in [1.29, 1.82) is 0 Å². The van der Waals surface area contributed by atoms with Gasteiger partial charge in [0, 0.05) is 25.4 Å². The average molecular weight is 378 g/mol. The molecule has 0 fully saturated rings. The Morgan fingerprint density at radius 3 is 2.50 bits per heavy atom. The van der Waals surface area contributed by atoms with Gasteiger partial charge in [-0.25, -0.2) is 23.4 Å². The smallest absolute Gasteiger partial charge is 0.206 e. The van der Waals surface area contributed by atoms with Gasteiger partial charge in [0.2, 0.25) is 9.84 Å². The lowest BCUT2D eigenvalue weighted by molar-refractivity contribution is 0.301. The second-order valence-corrected chi connectivity index (χ2v) is 9.00. The van der Waals surface area contributed by atoms with E-state index in [1.807, 2.05) is 11.8 Å². The van der Waals surface area contributed by atoms with Crippen LogP contribution in [0.25, 0.3) is 0 Å². The Balaban J connectivity index is 2.53. The van der Waals surface area contributed by atoms with Crippen molar-refractivity contribution >= 4 is 15.7 Å². The standard InChI is InChI=1S/C18H26N4O3S/c1-5-10-22(11-12-23)16-13-15(20-14(2)21-16)18(3,4)26(24,25)17-8-6-7-9-19-17/h6-9,13,23H,5,10-12H2,1-4H3. The van der Waals surface area contributed by atoms with Crippen molar-refractivity contribution in [3.05, 3.63) is 42.0 Å². The number of hydrogen-bond acceptors (Lipinski definition) is 7. The molecule has 2 aromatic heterocycles. The number of hydrogen-bond donors (Lipinski definition) is 1. The van der Waals surface area contributed by atoms with Gasteiger partial charge in [-0.1, -0.05) is 13.0 Å². The molecular weight excluding hydrogens is 352 g/mol. The number of aliphatic hydroxyl groups is 1. The second-order valence-electron chi connectivity index (χ2n) is 6.55. The number of rotatable bonds is 8. The zero-order valence-electron chi connectivity index (χ0n) is 15.7. The Bertz CT molecular complexity index is 833. The monoisotopic (exact) mass is 378 g/mol. The highest BCUT2D eigenvalue weighted by atomic mass is 32.2. The summed E-state index contributed by atoms with van der Waals surface area (Å²) in [6.45, 7) is 8.15. The first kappa shape index (κ1) is 20.3. The molecule has 0 radical (unpaired) electrons. The van der Waals surface area contributed by atoms with Gasteiger partial charge in [0.25, 0.3) is 0 Å². The van der Waals surface area contributed by atoms with Crippen LogP contribution in [0.2, 0.25) is 0 Å². The molecule has 0 aliphatic carbocycles. The number of nitrogens with zero attached hydrogens (tertiary/aromatic N) is 4. The Kier molecular flexibility index (Phi) is 6.30. The fraction of sp³-hybridized carbons (Fsp3) is 0.500. The molecule has 142 valence electrons. The maximum atomic E-state index is 13.1. The zero-order valence-corrected chi connectivity index (χ0v) is 16.5. The molecule has 1 N–H and O–H groups in total. The maximum absolute atomic E-state index is 13.1. The molecule has 0 atom stereocenters. The van der Waals surface area contributed by atoms with Crippen LogP contribution in [0.4, 0.5) is 5.82 Å². The Labute approximate surface area is 155 Å². The van der Waals surface area contributed by atoms with Crippen LogP contribution in [0.15, 0.2) is 35.5 Å². The molecule has 0 saturated carbocycles. The van der Waals surface area contributed by atoms with Crippen LogP contribution in [0.5, 0.6) is 0 Å². The van der Waals surface area contributed by atoms with Gasteiger partial charge in [0.1, 0.15) is 16.4 Å². The zero-order chi connectivity index (χ0) is 19.4. The molecule has 0 unspecified atom stereocenters. The van der Waals surface area contributed by atoms with Crippen LogP contribution in [-0.2, 0) is 14.6 Å². The van der Waals surface area contributed by atoms with E-state index >= 15 is 0 Å². The third-order valence-electron chi connectivity index (χ3n) is 4.21. The van der Waals surface area contributed by atoms with Crippen LogP contribution in [-0.4, -0.2) is 48.2 Å². The molecule has 2 aromatic rings. The molecule has 2 heterocycles. The molecule has 8 heteroatoms. The molecule has 0 aromatic carbocycles. The van der Waals surface area contributed by atoms with E-state index in [-0.39, 0.29) is 11.6 Å². The van der Waals surface area contributed by atoms with Crippen molar-refractivity contribution in [3.63, 3.8) is 0 Å². The lowest BCUT2D eigenvalue weighted by atomic mass is 10.1. The van der Waals surface area contributed by atoms with Gasteiger partial charge in [-0.15, -0.1) is 0 Å². The van der Waals surface area contributed by atoms with Crippen LogP contribution < -0.4 is 4.90 Å². The van der Waals surface area contributed by atoms with Crippen molar-refractivity contribution in [2.45, 2.75) is 43.9 Å². The van der Waals surface area contributed by atoms with Crippen molar-refractivity contribution < 1.29 is 13.5 Å². The first-order valence-electron chi connectivity index (χ1n) is 8.61. The fourth-order valence-corrected chi connectivity index (χ4v) is 4.02. The number of aryl methyl sites for hydroxylation is 1. The molecule has 0 saturated heterocycles. The van der Waals surface area contributed by atoms with Crippen LogP contribution in [0.1, 0.15) is 38.7 Å². The largest absolute Gasteiger partial charge is 0.395 e. The summed E-state index contributed by atoms with van der Waals surface area (Å²) < 4.78 is 25.0. The van der Waals surface area contributed by atoms with Gasteiger partial charge in [-0.2, -0.15) is 0 Å². The third kappa shape index (κ3) is 4.02. The van der Waals surface area contributed by atoms with E-state index in [9.17, 15) is 13.5 Å². The van der Waals surface area contributed by atoms with Gasteiger partial charge >= 0.3 is 0 Å². The molecular formula is C18H26N4O3S. The molecule has 0 bridgehead atoms. The predicted molar refractivity (Wildman–Crippen MR) is 101 cm³/mol. The summed E-state index contributed by atoms with van der Waals surface area (Å²) in [4.78, 5) is 14.8. The van der Waals surface area contributed by atoms with E-state index in [2.05, 4.69) is 15.0 Å². The van der Waals surface area contributed by atoms with E-state index in [4.69, 9.17) is 0 Å². The maximum Gasteiger partial charge on any atom is 0.206 e. The Morgan fingerprint density at radius 1 is 1.19 bits per heavy atom. The summed E-state index contributed by atoms with van der Waals surface area (Å²) in [7, 11) is -3.74. The first-order valence-corrected chi connectivity index (χ1v) is 10.1. The van der Waals surface area contributed by atoms with Crippen LogP contribution >= 0.6 is 0 Å². The summed E-state index contributed by atoms with van der Waals surface area (Å²) >= 11 is 0. The van der Waals surface area contributed by atoms with Crippen molar-refractivity contribution in [1.82, 2.24) is 15.0 Å². The van der Waals surface area contributed by atoms with Gasteiger partial charge in [0.15, 0.2) is 5.03 Å². The third-order valence-corrected chi connectivity index (χ3v) is 6.56. The summed E-state index contributed by atoms with van der Waals surface area (Å²) in [5.74, 6) is 1.11. The normalized spacial score (nSPS) is 12.2. The number of sulfone groups is 1. The van der Waals surface area contributed by atoms with Crippen molar-refractivity contribution in [2.75, 3.05) is 24.6 Å². The first-order chi connectivity index (χ1) is 12.2. The number of aliphatic hydroxyl groups excluding tert-OH is 1. The highest BCUT2D eigenvalue weighted by Gasteiger charge is 2.40. The minimum atomic E-state index is -3.74. The van der Waals surface area contributed by atoms with E-state index in [1.54, 1.807) is 39.0 Å². The molecule has 7 nitrogen and oxygen atoms in total. The van der Waals surface area contributed by atoms with Gasteiger partial charge < -0.3 is 10.0 Å². The lowest BCUT2D eigenvalue weighted by Gasteiger charge is -2.27. The molecule has 0 aliphatic rings. The fourth-order valence-electron chi connectivity index (χ4n) is 2.66. The number of pyridine rings is 1. The highest BCUT2D eigenvalue weighted by Crippen LogP contribution is 2.34. The van der Waals surface area contributed by atoms with Gasteiger partial charge in [-0.05, 0) is 39.3 Å². The average Bonchev–Trinajstić information content (AvgIpc) is 2.61. The van der Waals surface area contributed by atoms with Gasteiger partial charge in [0.05, 0.1) is 12.3 Å². The molecule has 26 heavy (non-hydrogen) atoms. The molecule has 0 aliphatic heterocycles. The summed E-state index contributed by atoms with van der Waals surface area (Å²) in [6.07, 6.45) is 2.35. The van der Waals surface area contributed by atoms with E-state index in [0.29, 0.717) is 30.4 Å². The van der Waals surface area contributed by atoms with E-state index in [0.717, 1.165) is 6.42 Å². The Hall–Kier alpha value is -2.06. The summed E-state index contributed by atoms with van der Waals surface area (Å²) in [5, 5.41) is 9.33. The highest BCUT2D eigenvalue weighted by molar-refractivity contribution is 7.92. The minimum absolute atomic E-state index is 0.00594. The Morgan fingerprint density at radius 2 is 1.92 bits per heavy atom.